The van der Waals surface area contributed by atoms with E-state index in [4.69, 9.17) is 0 Å². The summed E-state index contributed by atoms with van der Waals surface area (Å²) in [5.41, 5.74) is 1.15. The topological polar surface area (TPSA) is 17.1 Å². The number of allylic oxidation sites excluding steroid dienone is 2. The van der Waals surface area contributed by atoms with Crippen molar-refractivity contribution >= 4 is 28.4 Å². The molecule has 0 saturated heterocycles. The van der Waals surface area contributed by atoms with Crippen LogP contribution < -0.4 is 0 Å². The normalized spacial score (nSPS) is 19.2. The number of rotatable bonds is 7. The lowest BCUT2D eigenvalue weighted by molar-refractivity contribution is -0.114. The minimum Gasteiger partial charge on any atom is -0.295 e. The minimum absolute atomic E-state index is 0.412. The molecule has 0 bridgehead atoms. The molecule has 92 valence electrons. The van der Waals surface area contributed by atoms with Crippen LogP contribution >= 0.6 is 22.6 Å². The molecule has 1 rings (SSSR count). The van der Waals surface area contributed by atoms with Crippen LogP contribution in [0.4, 0.5) is 0 Å². The Balaban J connectivity index is 2.15. The highest BCUT2D eigenvalue weighted by molar-refractivity contribution is 14.1. The second kappa shape index (κ2) is 8.26. The Kier molecular flexibility index (Phi) is 7.33. The van der Waals surface area contributed by atoms with E-state index in [9.17, 15) is 4.79 Å². The highest BCUT2D eigenvalue weighted by atomic mass is 127. The lowest BCUT2D eigenvalue weighted by Gasteiger charge is -2.03. The van der Waals surface area contributed by atoms with Crippen molar-refractivity contribution in [3.8, 4) is 0 Å². The molecular weight excluding hydrogens is 311 g/mol. The van der Waals surface area contributed by atoms with Gasteiger partial charge >= 0.3 is 0 Å². The number of hydrogen-bond donors (Lipinski definition) is 0. The first-order chi connectivity index (χ1) is 7.75. The lowest BCUT2D eigenvalue weighted by atomic mass is 10.1. The summed E-state index contributed by atoms with van der Waals surface area (Å²) >= 11 is 2.39. The Labute approximate surface area is 113 Å². The van der Waals surface area contributed by atoms with E-state index in [-0.39, 0.29) is 0 Å². The largest absolute Gasteiger partial charge is 0.295 e. The summed E-state index contributed by atoms with van der Waals surface area (Å²) in [5.74, 6) is 0.412. The number of ketones is 1. The SMILES string of the molecule is CCCCCCCC/C(I)=C1/CCCC1=O. The Morgan fingerprint density at radius 2 is 1.81 bits per heavy atom. The van der Waals surface area contributed by atoms with Crippen molar-refractivity contribution in [2.24, 2.45) is 0 Å². The number of halogens is 1. The molecule has 0 aromatic heterocycles. The van der Waals surface area contributed by atoms with Gasteiger partial charge in [-0.05, 0) is 51.9 Å². The fraction of sp³-hybridized carbons (Fsp3) is 0.786. The standard InChI is InChI=1S/C14H23IO/c1-2-3-4-5-6-7-10-13(15)12-9-8-11-14(12)16/h2-11H2,1H3/b13-12+. The molecule has 2 heteroatoms. The van der Waals surface area contributed by atoms with E-state index in [1.54, 1.807) is 0 Å². The molecule has 1 saturated carbocycles. The molecule has 0 heterocycles. The molecule has 1 fully saturated rings. The molecule has 16 heavy (non-hydrogen) atoms. The van der Waals surface area contributed by atoms with Gasteiger partial charge in [0.05, 0.1) is 0 Å². The average molecular weight is 334 g/mol. The summed E-state index contributed by atoms with van der Waals surface area (Å²) in [6.07, 6.45) is 12.1. The van der Waals surface area contributed by atoms with Crippen LogP contribution in [0.25, 0.3) is 0 Å². The molecule has 1 aliphatic rings. The van der Waals surface area contributed by atoms with Gasteiger partial charge in [-0.3, -0.25) is 4.79 Å². The molecule has 0 radical (unpaired) electrons. The first-order valence-electron chi connectivity index (χ1n) is 6.66. The van der Waals surface area contributed by atoms with Gasteiger partial charge in [0.2, 0.25) is 0 Å². The Hall–Kier alpha value is 0.140. The van der Waals surface area contributed by atoms with Crippen LogP contribution in [0.3, 0.4) is 0 Å². The fourth-order valence-corrected chi connectivity index (χ4v) is 3.17. The zero-order valence-electron chi connectivity index (χ0n) is 10.4. The second-order valence-corrected chi connectivity index (χ2v) is 5.98. The van der Waals surface area contributed by atoms with E-state index in [0.29, 0.717) is 5.78 Å². The fourth-order valence-electron chi connectivity index (χ4n) is 2.21. The smallest absolute Gasteiger partial charge is 0.159 e. The van der Waals surface area contributed by atoms with Crippen molar-refractivity contribution in [1.29, 1.82) is 0 Å². The zero-order valence-corrected chi connectivity index (χ0v) is 12.5. The maximum absolute atomic E-state index is 11.5. The summed E-state index contributed by atoms with van der Waals surface area (Å²) in [6, 6.07) is 0. The number of Topliss-reactive ketones (excluding diaryl/α,β-unsaturated/α-hetero) is 1. The number of carbonyl (C=O) groups excluding carboxylic acids is 1. The van der Waals surface area contributed by atoms with Crippen molar-refractivity contribution in [1.82, 2.24) is 0 Å². The molecule has 1 nitrogen and oxygen atoms in total. The van der Waals surface area contributed by atoms with Gasteiger partial charge in [0.25, 0.3) is 0 Å². The lowest BCUT2D eigenvalue weighted by Crippen LogP contribution is -1.94. The third-order valence-corrected chi connectivity index (χ3v) is 4.43. The molecular formula is C14H23IO. The summed E-state index contributed by atoms with van der Waals surface area (Å²) in [6.45, 7) is 2.25. The van der Waals surface area contributed by atoms with Gasteiger partial charge in [-0.2, -0.15) is 0 Å². The van der Waals surface area contributed by atoms with E-state index in [1.165, 1.54) is 42.1 Å². The minimum atomic E-state index is 0.412. The first-order valence-corrected chi connectivity index (χ1v) is 7.74. The van der Waals surface area contributed by atoms with Gasteiger partial charge in [0.1, 0.15) is 0 Å². The average Bonchev–Trinajstić information content (AvgIpc) is 2.69. The molecule has 0 atom stereocenters. The van der Waals surface area contributed by atoms with Crippen LogP contribution in [0, 0.1) is 0 Å². The maximum atomic E-state index is 11.5. The summed E-state index contributed by atoms with van der Waals surface area (Å²) in [4.78, 5) is 11.5. The molecule has 0 amide bonds. The quantitative estimate of drug-likeness (QED) is 0.356. The third kappa shape index (κ3) is 4.98. The predicted molar refractivity (Wildman–Crippen MR) is 77.9 cm³/mol. The van der Waals surface area contributed by atoms with Crippen LogP contribution in [0.1, 0.15) is 71.1 Å². The predicted octanol–water partition coefficient (Wildman–Crippen LogP) is 5.18. The highest BCUT2D eigenvalue weighted by Crippen LogP contribution is 2.30. The Morgan fingerprint density at radius 1 is 1.12 bits per heavy atom. The van der Waals surface area contributed by atoms with E-state index < -0.39 is 0 Å². The van der Waals surface area contributed by atoms with Crippen LogP contribution in [0.2, 0.25) is 0 Å². The van der Waals surface area contributed by atoms with Gasteiger partial charge < -0.3 is 0 Å². The van der Waals surface area contributed by atoms with Gasteiger partial charge in [-0.15, -0.1) is 0 Å². The monoisotopic (exact) mass is 334 g/mol. The number of unbranched alkanes of at least 4 members (excludes halogenated alkanes) is 5. The molecule has 1 aliphatic carbocycles. The van der Waals surface area contributed by atoms with Gasteiger partial charge in [-0.1, -0.05) is 39.0 Å². The van der Waals surface area contributed by atoms with Crippen molar-refractivity contribution in [3.05, 3.63) is 9.15 Å². The third-order valence-electron chi connectivity index (χ3n) is 3.24. The Bertz CT molecular complexity index is 255. The van der Waals surface area contributed by atoms with Crippen molar-refractivity contribution in [2.45, 2.75) is 71.1 Å². The number of hydrogen-bond acceptors (Lipinski definition) is 1. The van der Waals surface area contributed by atoms with E-state index in [0.717, 1.165) is 31.3 Å². The van der Waals surface area contributed by atoms with Crippen LogP contribution in [0.5, 0.6) is 0 Å². The molecule has 0 N–H and O–H groups in total. The second-order valence-electron chi connectivity index (χ2n) is 4.68. The van der Waals surface area contributed by atoms with Crippen LogP contribution in [0.15, 0.2) is 9.15 Å². The van der Waals surface area contributed by atoms with Gasteiger partial charge in [-0.25, -0.2) is 0 Å². The van der Waals surface area contributed by atoms with Crippen molar-refractivity contribution in [2.75, 3.05) is 0 Å². The first kappa shape index (κ1) is 14.2. The van der Waals surface area contributed by atoms with Gasteiger partial charge in [0, 0.05) is 12.0 Å². The molecule has 0 unspecified atom stereocenters. The van der Waals surface area contributed by atoms with Gasteiger partial charge in [0.15, 0.2) is 5.78 Å². The molecule has 0 aliphatic heterocycles. The van der Waals surface area contributed by atoms with Crippen molar-refractivity contribution in [3.63, 3.8) is 0 Å². The summed E-state index contributed by atoms with van der Waals surface area (Å²) in [7, 11) is 0. The summed E-state index contributed by atoms with van der Waals surface area (Å²) < 4.78 is 1.34. The maximum Gasteiger partial charge on any atom is 0.159 e. The zero-order chi connectivity index (χ0) is 11.8. The van der Waals surface area contributed by atoms with E-state index in [1.807, 2.05) is 0 Å². The molecule has 0 aromatic rings. The van der Waals surface area contributed by atoms with Crippen LogP contribution in [-0.2, 0) is 4.79 Å². The van der Waals surface area contributed by atoms with E-state index >= 15 is 0 Å². The van der Waals surface area contributed by atoms with Crippen LogP contribution in [-0.4, -0.2) is 5.78 Å². The highest BCUT2D eigenvalue weighted by Gasteiger charge is 2.19. The molecule has 0 spiro atoms. The van der Waals surface area contributed by atoms with Crippen molar-refractivity contribution < 1.29 is 4.79 Å². The summed E-state index contributed by atoms with van der Waals surface area (Å²) in [5, 5.41) is 0. The Morgan fingerprint density at radius 3 is 2.44 bits per heavy atom. The number of carbonyl (C=O) groups is 1. The van der Waals surface area contributed by atoms with E-state index in [2.05, 4.69) is 29.5 Å². The molecule has 0 aromatic carbocycles.